The Labute approximate surface area is 401 Å². The third kappa shape index (κ3) is 5.50. The van der Waals surface area contributed by atoms with Crippen LogP contribution in [0.5, 0.6) is 0 Å². The lowest BCUT2D eigenvalue weighted by molar-refractivity contribution is 0.951. The van der Waals surface area contributed by atoms with Crippen LogP contribution in [0.4, 0.5) is 0 Å². The van der Waals surface area contributed by atoms with E-state index in [1.54, 1.807) is 0 Å². The molecule has 0 atom stereocenters. The average molecular weight is 893 g/mol. The lowest BCUT2D eigenvalue weighted by Crippen LogP contribution is -2.09. The molecule has 0 spiro atoms. The largest absolute Gasteiger partial charge is 0.309 e. The van der Waals surface area contributed by atoms with Crippen LogP contribution in [0, 0.1) is 0 Å². The highest BCUT2D eigenvalue weighted by atomic mass is 15.2. The zero-order chi connectivity index (χ0) is 45.9. The molecule has 10 aromatic carbocycles. The molecule has 6 nitrogen and oxygen atoms in total. The van der Waals surface area contributed by atoms with Crippen LogP contribution in [-0.2, 0) is 0 Å². The molecule has 0 fully saturated rings. The molecule has 0 aliphatic heterocycles. The van der Waals surface area contributed by atoms with E-state index in [1.807, 2.05) is 0 Å². The highest BCUT2D eigenvalue weighted by Gasteiger charge is 2.26. The van der Waals surface area contributed by atoms with E-state index in [2.05, 4.69) is 261 Å². The zero-order valence-electron chi connectivity index (χ0n) is 37.8. The van der Waals surface area contributed by atoms with Gasteiger partial charge in [0.1, 0.15) is 5.82 Å². The molecule has 0 saturated heterocycles. The fraction of sp³-hybridized carbons (Fsp3) is 0. The summed E-state index contributed by atoms with van der Waals surface area (Å²) in [6, 6.07) is 87.4. The lowest BCUT2D eigenvalue weighted by atomic mass is 9.94. The van der Waals surface area contributed by atoms with E-state index in [9.17, 15) is 0 Å². The maximum Gasteiger partial charge on any atom is 0.237 e. The summed E-state index contributed by atoms with van der Waals surface area (Å²) in [6.45, 7) is 0. The summed E-state index contributed by atoms with van der Waals surface area (Å²) < 4.78 is 9.45. The molecule has 0 bridgehead atoms. The van der Waals surface area contributed by atoms with Crippen LogP contribution in [0.15, 0.2) is 243 Å². The maximum atomic E-state index is 5.84. The summed E-state index contributed by atoms with van der Waals surface area (Å²) in [5, 5.41) is 9.46. The van der Waals surface area contributed by atoms with Crippen molar-refractivity contribution in [3.63, 3.8) is 0 Å². The Hall–Kier alpha value is -9.52. The molecular formula is C64H40N6. The van der Waals surface area contributed by atoms with Crippen LogP contribution < -0.4 is 0 Å². The molecular weight excluding hydrogens is 853 g/mol. The van der Waals surface area contributed by atoms with Gasteiger partial charge in [0.2, 0.25) is 5.95 Å². The van der Waals surface area contributed by atoms with Crippen LogP contribution in [0.1, 0.15) is 0 Å². The molecule has 5 heterocycles. The van der Waals surface area contributed by atoms with Gasteiger partial charge in [-0.1, -0.05) is 176 Å². The van der Waals surface area contributed by atoms with Gasteiger partial charge in [-0.2, -0.15) is 4.98 Å². The molecule has 0 aliphatic rings. The monoisotopic (exact) mass is 892 g/mol. The van der Waals surface area contributed by atoms with E-state index in [4.69, 9.17) is 9.97 Å². The second kappa shape index (κ2) is 15.0. The summed E-state index contributed by atoms with van der Waals surface area (Å²) in [7, 11) is 0. The summed E-state index contributed by atoms with van der Waals surface area (Å²) in [5.74, 6) is 1.36. The highest BCUT2D eigenvalue weighted by Crippen LogP contribution is 2.45. The number of hydrogen-bond donors (Lipinski definition) is 0. The summed E-state index contributed by atoms with van der Waals surface area (Å²) in [5.41, 5.74) is 14.8. The molecule has 15 aromatic rings. The number of hydrogen-bond acceptors (Lipinski definition) is 2. The standard InChI is InChI=1S/C64H40N6/c1-10-30-52-41(20-1)42-21-2-11-31-53(42)67(52)56-34-14-9-28-49(56)50-29-19-39-61(68-54-32-12-3-22-43(54)44-23-4-13-33-55(44)68)63(50)51-40-62(69-57-35-15-5-24-45(57)46-25-6-16-36-58(46)69)66-64(65-51)70-59-37-17-7-26-47(59)48-27-8-18-38-60(48)70/h1-40H. The Morgan fingerprint density at radius 1 is 0.243 bits per heavy atom. The van der Waals surface area contributed by atoms with E-state index in [0.29, 0.717) is 5.95 Å². The number of benzene rings is 10. The van der Waals surface area contributed by atoms with Crippen molar-refractivity contribution in [2.75, 3.05) is 0 Å². The van der Waals surface area contributed by atoms with Gasteiger partial charge in [-0.15, -0.1) is 0 Å². The molecule has 15 rings (SSSR count). The smallest absolute Gasteiger partial charge is 0.237 e. The Morgan fingerprint density at radius 2 is 0.557 bits per heavy atom. The fourth-order valence-electron chi connectivity index (χ4n) is 11.6. The van der Waals surface area contributed by atoms with Crippen molar-refractivity contribution in [3.8, 4) is 45.5 Å². The van der Waals surface area contributed by atoms with Crippen LogP contribution in [0.2, 0.25) is 0 Å². The Kier molecular flexibility index (Phi) is 8.26. The molecule has 0 amide bonds. The van der Waals surface area contributed by atoms with Gasteiger partial charge in [0, 0.05) is 60.3 Å². The lowest BCUT2D eigenvalue weighted by Gasteiger charge is -2.21. The van der Waals surface area contributed by atoms with Crippen molar-refractivity contribution < 1.29 is 0 Å². The van der Waals surface area contributed by atoms with Crippen molar-refractivity contribution in [3.05, 3.63) is 243 Å². The average Bonchev–Trinajstić information content (AvgIpc) is 4.16. The van der Waals surface area contributed by atoms with Crippen LogP contribution in [-0.4, -0.2) is 28.2 Å². The first-order valence-corrected chi connectivity index (χ1v) is 23.8. The summed E-state index contributed by atoms with van der Waals surface area (Å²) >= 11 is 0. The third-order valence-corrected chi connectivity index (χ3v) is 14.4. The highest BCUT2D eigenvalue weighted by molar-refractivity contribution is 6.13. The van der Waals surface area contributed by atoms with Gasteiger partial charge >= 0.3 is 0 Å². The van der Waals surface area contributed by atoms with Gasteiger partial charge < -0.3 is 9.13 Å². The topological polar surface area (TPSA) is 45.5 Å². The Balaban J connectivity index is 1.12. The number of para-hydroxylation sites is 9. The van der Waals surface area contributed by atoms with Crippen LogP contribution >= 0.6 is 0 Å². The molecule has 0 radical (unpaired) electrons. The maximum absolute atomic E-state index is 5.84. The molecule has 0 saturated carbocycles. The minimum atomic E-state index is 0.588. The van der Waals surface area contributed by atoms with E-state index >= 15 is 0 Å². The molecule has 6 heteroatoms. The first-order chi connectivity index (χ1) is 34.8. The minimum Gasteiger partial charge on any atom is -0.309 e. The van der Waals surface area contributed by atoms with Gasteiger partial charge in [-0.05, 0) is 66.2 Å². The van der Waals surface area contributed by atoms with Gasteiger partial charge in [-0.3, -0.25) is 9.13 Å². The SMILES string of the molecule is c1ccc(-n2c3ccccc3c3ccccc32)c(-c2cccc(-n3c4ccccc4c4ccccc43)c2-c2cc(-n3c4ccccc4c4ccccc43)nc(-n3c4ccccc4c4ccccc43)n2)c1. The van der Waals surface area contributed by atoms with Crippen molar-refractivity contribution in [1.29, 1.82) is 0 Å². The minimum absolute atomic E-state index is 0.588. The van der Waals surface area contributed by atoms with Crippen molar-refractivity contribution in [2.45, 2.75) is 0 Å². The Bertz CT molecular complexity index is 4270. The summed E-state index contributed by atoms with van der Waals surface area (Å²) in [6.07, 6.45) is 0. The Morgan fingerprint density at radius 3 is 0.986 bits per heavy atom. The number of rotatable bonds is 6. The normalized spacial score (nSPS) is 12.0. The third-order valence-electron chi connectivity index (χ3n) is 14.4. The fourth-order valence-corrected chi connectivity index (χ4v) is 11.6. The van der Waals surface area contributed by atoms with Crippen molar-refractivity contribution in [1.82, 2.24) is 28.2 Å². The first-order valence-electron chi connectivity index (χ1n) is 23.8. The molecule has 0 N–H and O–H groups in total. The van der Waals surface area contributed by atoms with E-state index in [1.165, 1.54) is 32.3 Å². The van der Waals surface area contributed by atoms with Crippen LogP contribution in [0.25, 0.3) is 133 Å². The van der Waals surface area contributed by atoms with Crippen molar-refractivity contribution in [2.24, 2.45) is 0 Å². The second-order valence-corrected chi connectivity index (χ2v) is 18.1. The number of nitrogens with zero attached hydrogens (tertiary/aromatic N) is 6. The van der Waals surface area contributed by atoms with Gasteiger partial charge in [-0.25, -0.2) is 4.98 Å². The first kappa shape index (κ1) is 38.6. The molecule has 0 unspecified atom stereocenters. The molecule has 0 aliphatic carbocycles. The predicted molar refractivity (Wildman–Crippen MR) is 290 cm³/mol. The van der Waals surface area contributed by atoms with Gasteiger partial charge in [0.15, 0.2) is 0 Å². The summed E-state index contributed by atoms with van der Waals surface area (Å²) in [4.78, 5) is 11.5. The van der Waals surface area contributed by atoms with E-state index in [0.717, 1.165) is 94.5 Å². The zero-order valence-corrected chi connectivity index (χ0v) is 37.8. The quantitative estimate of drug-likeness (QED) is 0.167. The molecule has 5 aromatic heterocycles. The number of aromatic nitrogens is 6. The van der Waals surface area contributed by atoms with Crippen LogP contribution in [0.3, 0.4) is 0 Å². The van der Waals surface area contributed by atoms with Gasteiger partial charge in [0.25, 0.3) is 0 Å². The van der Waals surface area contributed by atoms with Gasteiger partial charge in [0.05, 0.1) is 61.2 Å². The number of fused-ring (bicyclic) bond motifs is 12. The molecule has 70 heavy (non-hydrogen) atoms. The van der Waals surface area contributed by atoms with E-state index < -0.39 is 0 Å². The predicted octanol–water partition coefficient (Wildman–Crippen LogP) is 16.2. The molecule has 326 valence electrons. The second-order valence-electron chi connectivity index (χ2n) is 18.1. The van der Waals surface area contributed by atoms with Crippen molar-refractivity contribution >= 4 is 87.2 Å². The van der Waals surface area contributed by atoms with E-state index in [-0.39, 0.29) is 0 Å².